The van der Waals surface area contributed by atoms with Gasteiger partial charge in [-0.1, -0.05) is 54.6 Å². The number of allylic oxidation sites excluding steroid dienone is 2. The van der Waals surface area contributed by atoms with E-state index in [1.807, 2.05) is 18.2 Å². The van der Waals surface area contributed by atoms with Crippen LogP contribution >= 0.6 is 0 Å². The van der Waals surface area contributed by atoms with Gasteiger partial charge in [0.2, 0.25) is 0 Å². The summed E-state index contributed by atoms with van der Waals surface area (Å²) in [7, 11) is 0. The van der Waals surface area contributed by atoms with Crippen molar-refractivity contribution in [2.45, 2.75) is 38.5 Å². The number of alkyl halides is 3. The van der Waals surface area contributed by atoms with Gasteiger partial charge in [0, 0.05) is 0 Å². The van der Waals surface area contributed by atoms with E-state index < -0.39 is 11.7 Å². The van der Waals surface area contributed by atoms with E-state index in [1.54, 1.807) is 36.4 Å². The lowest BCUT2D eigenvalue weighted by atomic mass is 9.89. The van der Waals surface area contributed by atoms with E-state index >= 15 is 0 Å². The van der Waals surface area contributed by atoms with Crippen LogP contribution in [0.3, 0.4) is 0 Å². The fourth-order valence-electron chi connectivity index (χ4n) is 3.19. The highest BCUT2D eigenvalue weighted by molar-refractivity contribution is 5.74. The summed E-state index contributed by atoms with van der Waals surface area (Å²) >= 11 is 0. The summed E-state index contributed by atoms with van der Waals surface area (Å²) in [6.45, 7) is -0.0315. The maximum absolute atomic E-state index is 13.6. The fraction of sp³-hybridized carbons (Fsp3) is 0.273. The van der Waals surface area contributed by atoms with Crippen molar-refractivity contribution in [2.75, 3.05) is 0 Å². The van der Waals surface area contributed by atoms with Gasteiger partial charge in [-0.25, -0.2) is 0 Å². The standard InChI is InChI=1S/C22H21F3O/c23-22(24,25)21-14-17(9-6-16-7-10-18(15-26)11-8-16)12-13-20(21)19-4-2-1-3-5-19/h4,6-14,26H,1-3,5,15H2/b9-6+. The predicted molar refractivity (Wildman–Crippen MR) is 99.2 cm³/mol. The number of benzene rings is 2. The minimum Gasteiger partial charge on any atom is -0.392 e. The van der Waals surface area contributed by atoms with Gasteiger partial charge in [0.1, 0.15) is 0 Å². The van der Waals surface area contributed by atoms with Crippen LogP contribution in [0.25, 0.3) is 17.7 Å². The lowest BCUT2D eigenvalue weighted by Gasteiger charge is -2.19. The maximum atomic E-state index is 13.6. The molecule has 26 heavy (non-hydrogen) atoms. The summed E-state index contributed by atoms with van der Waals surface area (Å²) in [5.74, 6) is 0. The van der Waals surface area contributed by atoms with Gasteiger partial charge in [0.25, 0.3) is 0 Å². The summed E-state index contributed by atoms with van der Waals surface area (Å²) in [6.07, 6.45) is 4.55. The summed E-state index contributed by atoms with van der Waals surface area (Å²) in [6, 6.07) is 11.8. The largest absolute Gasteiger partial charge is 0.417 e. The van der Waals surface area contributed by atoms with Crippen molar-refractivity contribution in [3.8, 4) is 0 Å². The van der Waals surface area contributed by atoms with E-state index in [1.165, 1.54) is 6.07 Å². The molecule has 2 aromatic carbocycles. The minimum atomic E-state index is -4.37. The molecule has 0 saturated heterocycles. The first-order chi connectivity index (χ1) is 12.5. The Morgan fingerprint density at radius 3 is 2.23 bits per heavy atom. The van der Waals surface area contributed by atoms with Gasteiger partial charge in [0.05, 0.1) is 12.2 Å². The third-order valence-corrected chi connectivity index (χ3v) is 4.62. The van der Waals surface area contributed by atoms with Gasteiger partial charge in [-0.3, -0.25) is 0 Å². The van der Waals surface area contributed by atoms with Crippen molar-refractivity contribution < 1.29 is 18.3 Å². The molecule has 0 bridgehead atoms. The zero-order valence-electron chi connectivity index (χ0n) is 14.4. The predicted octanol–water partition coefficient (Wildman–Crippen LogP) is 6.33. The maximum Gasteiger partial charge on any atom is 0.417 e. The molecule has 2 aromatic rings. The molecule has 136 valence electrons. The van der Waals surface area contributed by atoms with E-state index in [4.69, 9.17) is 5.11 Å². The van der Waals surface area contributed by atoms with Gasteiger partial charge >= 0.3 is 6.18 Å². The second kappa shape index (κ2) is 7.92. The highest BCUT2D eigenvalue weighted by atomic mass is 19.4. The average molecular weight is 358 g/mol. The molecule has 0 fully saturated rings. The third-order valence-electron chi connectivity index (χ3n) is 4.62. The van der Waals surface area contributed by atoms with Crippen LogP contribution < -0.4 is 0 Å². The zero-order valence-corrected chi connectivity index (χ0v) is 14.4. The molecular weight excluding hydrogens is 337 g/mol. The van der Waals surface area contributed by atoms with Gasteiger partial charge in [-0.05, 0) is 59.6 Å². The van der Waals surface area contributed by atoms with Gasteiger partial charge in [-0.2, -0.15) is 13.2 Å². The number of rotatable bonds is 4. The van der Waals surface area contributed by atoms with Crippen LogP contribution in [-0.2, 0) is 12.8 Å². The van der Waals surface area contributed by atoms with Crippen molar-refractivity contribution in [3.05, 3.63) is 76.4 Å². The average Bonchev–Trinajstić information content (AvgIpc) is 2.66. The Hall–Kier alpha value is -2.33. The quantitative estimate of drug-likeness (QED) is 0.634. The second-order valence-corrected chi connectivity index (χ2v) is 6.51. The van der Waals surface area contributed by atoms with Gasteiger partial charge in [0.15, 0.2) is 0 Å². The molecule has 0 unspecified atom stereocenters. The number of hydrogen-bond donors (Lipinski definition) is 1. The normalized spacial score (nSPS) is 15.3. The summed E-state index contributed by atoms with van der Waals surface area (Å²) < 4.78 is 40.7. The molecule has 0 atom stereocenters. The van der Waals surface area contributed by atoms with Crippen LogP contribution in [0, 0.1) is 0 Å². The Kier molecular flexibility index (Phi) is 5.62. The lowest BCUT2D eigenvalue weighted by Crippen LogP contribution is -2.10. The Balaban J connectivity index is 1.90. The highest BCUT2D eigenvalue weighted by Crippen LogP contribution is 2.38. The number of aliphatic hydroxyl groups is 1. The molecule has 0 heterocycles. The van der Waals surface area contributed by atoms with Crippen LogP contribution in [0.1, 0.15) is 53.5 Å². The minimum absolute atomic E-state index is 0.0315. The topological polar surface area (TPSA) is 20.2 Å². The molecule has 1 aliphatic carbocycles. The molecule has 0 spiro atoms. The smallest absolute Gasteiger partial charge is 0.392 e. The van der Waals surface area contributed by atoms with E-state index in [0.717, 1.165) is 36.0 Å². The fourth-order valence-corrected chi connectivity index (χ4v) is 3.19. The lowest BCUT2D eigenvalue weighted by molar-refractivity contribution is -0.137. The van der Waals surface area contributed by atoms with Crippen LogP contribution in [0.15, 0.2) is 48.5 Å². The van der Waals surface area contributed by atoms with E-state index in [0.29, 0.717) is 17.5 Å². The summed E-state index contributed by atoms with van der Waals surface area (Å²) in [5.41, 5.74) is 2.73. The van der Waals surface area contributed by atoms with Crippen molar-refractivity contribution in [3.63, 3.8) is 0 Å². The number of hydrogen-bond acceptors (Lipinski definition) is 1. The first-order valence-corrected chi connectivity index (χ1v) is 8.76. The molecule has 1 N–H and O–H groups in total. The van der Waals surface area contributed by atoms with Crippen molar-refractivity contribution in [2.24, 2.45) is 0 Å². The Bertz CT molecular complexity index is 814. The van der Waals surface area contributed by atoms with E-state index in [-0.39, 0.29) is 6.61 Å². The highest BCUT2D eigenvalue weighted by Gasteiger charge is 2.34. The zero-order chi connectivity index (χ0) is 18.6. The molecule has 4 heteroatoms. The van der Waals surface area contributed by atoms with E-state index in [2.05, 4.69) is 0 Å². The number of halogens is 3. The molecule has 0 radical (unpaired) electrons. The Morgan fingerprint density at radius 1 is 0.923 bits per heavy atom. The van der Waals surface area contributed by atoms with Gasteiger partial charge < -0.3 is 5.11 Å². The van der Waals surface area contributed by atoms with Crippen molar-refractivity contribution >= 4 is 17.7 Å². The third kappa shape index (κ3) is 4.44. The first kappa shape index (κ1) is 18.5. The summed E-state index contributed by atoms with van der Waals surface area (Å²) in [5, 5.41) is 9.05. The van der Waals surface area contributed by atoms with Crippen LogP contribution in [-0.4, -0.2) is 5.11 Å². The molecule has 0 aliphatic heterocycles. The molecule has 1 nitrogen and oxygen atoms in total. The monoisotopic (exact) mass is 358 g/mol. The van der Waals surface area contributed by atoms with Crippen molar-refractivity contribution in [1.82, 2.24) is 0 Å². The van der Waals surface area contributed by atoms with E-state index in [9.17, 15) is 13.2 Å². The molecule has 1 aliphatic rings. The summed E-state index contributed by atoms with van der Waals surface area (Å²) in [4.78, 5) is 0. The van der Waals surface area contributed by atoms with Crippen LogP contribution in [0.2, 0.25) is 0 Å². The number of aliphatic hydroxyl groups excluding tert-OH is 1. The first-order valence-electron chi connectivity index (χ1n) is 8.76. The molecule has 0 saturated carbocycles. The second-order valence-electron chi connectivity index (χ2n) is 6.51. The molecule has 3 rings (SSSR count). The van der Waals surface area contributed by atoms with Gasteiger partial charge in [-0.15, -0.1) is 0 Å². The van der Waals surface area contributed by atoms with Crippen LogP contribution in [0.4, 0.5) is 13.2 Å². The van der Waals surface area contributed by atoms with Crippen LogP contribution in [0.5, 0.6) is 0 Å². The molecule has 0 amide bonds. The molecular formula is C22H21F3O. The SMILES string of the molecule is OCc1ccc(/C=C/c2ccc(C3=CCCCC3)c(C(F)(F)F)c2)cc1. The van der Waals surface area contributed by atoms with Crippen molar-refractivity contribution in [1.29, 1.82) is 0 Å². The Morgan fingerprint density at radius 2 is 1.62 bits per heavy atom. The molecule has 0 aromatic heterocycles. The Labute approximate surface area is 151 Å².